The number of carbonyl (C=O) groups excluding carboxylic acids is 1. The number of carbonyl (C=O) groups is 2. The summed E-state index contributed by atoms with van der Waals surface area (Å²) in [4.78, 5) is 26.0. The molecule has 0 bridgehead atoms. The lowest BCUT2D eigenvalue weighted by molar-refractivity contribution is -0.192. The first-order chi connectivity index (χ1) is 12.3. The molecule has 0 aromatic heterocycles. The highest BCUT2D eigenvalue weighted by molar-refractivity contribution is 6.01. The molecule has 2 heterocycles. The van der Waals surface area contributed by atoms with E-state index in [4.69, 9.17) is 14.6 Å². The lowest BCUT2D eigenvalue weighted by Gasteiger charge is -2.51. The van der Waals surface area contributed by atoms with E-state index < -0.39 is 17.7 Å². The van der Waals surface area contributed by atoms with Gasteiger partial charge in [0.15, 0.2) is 5.54 Å². The third kappa shape index (κ3) is 3.15. The Morgan fingerprint density at radius 1 is 1.27 bits per heavy atom. The van der Waals surface area contributed by atoms with Crippen molar-refractivity contribution < 1.29 is 32.6 Å². The van der Waals surface area contributed by atoms with Gasteiger partial charge in [0.05, 0.1) is 18.5 Å². The normalized spacial score (nSPS) is 37.4. The molecule has 1 amide bonds. The molecule has 4 rings (SSSR count). The minimum absolute atomic E-state index is 0.00894. The van der Waals surface area contributed by atoms with Crippen molar-refractivity contribution in [3.63, 3.8) is 0 Å². The van der Waals surface area contributed by atoms with Crippen molar-refractivity contribution in [1.29, 1.82) is 0 Å². The van der Waals surface area contributed by atoms with E-state index in [-0.39, 0.29) is 30.0 Å². The van der Waals surface area contributed by atoms with Crippen LogP contribution in [0.3, 0.4) is 0 Å². The van der Waals surface area contributed by atoms with Gasteiger partial charge in [-0.15, -0.1) is 0 Å². The van der Waals surface area contributed by atoms with Crippen LogP contribution < -0.4 is 5.32 Å². The maximum Gasteiger partial charge on any atom is 0.490 e. The number of carboxylic acids is 1. The maximum atomic E-state index is 12.5. The number of rotatable bonds is 0. The fourth-order valence-electron chi connectivity index (χ4n) is 4.20. The Hall–Kier alpha value is -2.16. The van der Waals surface area contributed by atoms with Crippen molar-refractivity contribution in [2.75, 3.05) is 0 Å². The quantitative estimate of drug-likeness (QED) is 0.683. The zero-order chi connectivity index (χ0) is 18.9. The molecule has 1 saturated heterocycles. The number of fused-ring (bicyclic) bond motifs is 4. The van der Waals surface area contributed by atoms with Gasteiger partial charge in [-0.3, -0.25) is 9.79 Å². The second-order valence-corrected chi connectivity index (χ2v) is 6.69. The lowest BCUT2D eigenvalue weighted by atomic mass is 9.62. The fourth-order valence-corrected chi connectivity index (χ4v) is 4.20. The average Bonchev–Trinajstić information content (AvgIpc) is 2.97. The predicted octanol–water partition coefficient (Wildman–Crippen LogP) is 2.22. The number of aliphatic carboxylic acids is 1. The molecule has 0 aromatic rings. The molecule has 1 saturated carbocycles. The monoisotopic (exact) mass is 372 g/mol. The molecule has 0 aromatic carbocycles. The molecular weight excluding hydrogens is 353 g/mol. The number of carboxylic acid groups (broad SMARTS) is 1. The molecular formula is C17H19F3N2O4. The molecule has 2 N–H and O–H groups in total. The minimum atomic E-state index is -5.08. The Morgan fingerprint density at radius 3 is 2.54 bits per heavy atom. The van der Waals surface area contributed by atoms with Gasteiger partial charge in [-0.2, -0.15) is 13.2 Å². The van der Waals surface area contributed by atoms with Gasteiger partial charge < -0.3 is 15.2 Å². The summed E-state index contributed by atoms with van der Waals surface area (Å²) in [5.74, 6) is -2.44. The smallest absolute Gasteiger partial charge is 0.475 e. The Balaban J connectivity index is 0.000000242. The van der Waals surface area contributed by atoms with Crippen LogP contribution in [0, 0.1) is 11.8 Å². The first-order valence-corrected chi connectivity index (χ1v) is 8.42. The Bertz CT molecular complexity index is 673. The first-order valence-electron chi connectivity index (χ1n) is 8.42. The number of hydrogen-bond donors (Lipinski definition) is 2. The van der Waals surface area contributed by atoms with E-state index in [1.807, 2.05) is 12.2 Å². The van der Waals surface area contributed by atoms with E-state index >= 15 is 0 Å². The molecule has 2 aliphatic heterocycles. The Kier molecular flexibility index (Phi) is 4.92. The van der Waals surface area contributed by atoms with Crippen LogP contribution in [0.25, 0.3) is 0 Å². The molecule has 2 aliphatic carbocycles. The van der Waals surface area contributed by atoms with Crippen molar-refractivity contribution in [2.24, 2.45) is 16.8 Å². The van der Waals surface area contributed by atoms with E-state index in [0.29, 0.717) is 0 Å². The predicted molar refractivity (Wildman–Crippen MR) is 85.4 cm³/mol. The molecule has 142 valence electrons. The van der Waals surface area contributed by atoms with Crippen molar-refractivity contribution in [1.82, 2.24) is 5.32 Å². The SMILES string of the molecule is O=C(O)C(F)(F)F.O=C1NC=NC12C1C=CC=CC1OC1CCCCC12. The van der Waals surface area contributed by atoms with E-state index in [0.717, 1.165) is 12.8 Å². The average molecular weight is 372 g/mol. The summed E-state index contributed by atoms with van der Waals surface area (Å²) >= 11 is 0. The summed E-state index contributed by atoms with van der Waals surface area (Å²) in [7, 11) is 0. The van der Waals surface area contributed by atoms with Crippen LogP contribution >= 0.6 is 0 Å². The van der Waals surface area contributed by atoms with Crippen LogP contribution in [0.5, 0.6) is 0 Å². The molecule has 0 radical (unpaired) electrons. The number of nitrogens with one attached hydrogen (secondary N) is 1. The molecule has 4 aliphatic rings. The molecule has 5 atom stereocenters. The second-order valence-electron chi connectivity index (χ2n) is 6.69. The van der Waals surface area contributed by atoms with Crippen molar-refractivity contribution in [3.05, 3.63) is 24.3 Å². The summed E-state index contributed by atoms with van der Waals surface area (Å²) in [6, 6.07) is 0. The van der Waals surface area contributed by atoms with Gasteiger partial charge in [0.1, 0.15) is 0 Å². The van der Waals surface area contributed by atoms with Gasteiger partial charge in [-0.25, -0.2) is 4.79 Å². The van der Waals surface area contributed by atoms with Gasteiger partial charge >= 0.3 is 12.1 Å². The minimum Gasteiger partial charge on any atom is -0.475 e. The van der Waals surface area contributed by atoms with Crippen molar-refractivity contribution >= 4 is 18.2 Å². The Morgan fingerprint density at radius 2 is 1.92 bits per heavy atom. The van der Waals surface area contributed by atoms with Gasteiger partial charge in [0, 0.05) is 11.8 Å². The number of hydrogen-bond acceptors (Lipinski definition) is 4. The summed E-state index contributed by atoms with van der Waals surface area (Å²) in [6.45, 7) is 0. The van der Waals surface area contributed by atoms with E-state index in [1.165, 1.54) is 12.8 Å². The summed E-state index contributed by atoms with van der Waals surface area (Å²) in [6.07, 6.45) is 9.30. The standard InChI is InChI=1S/C15H18N2O2.C2HF3O2/c18-14-15(17-9-16-14)10-5-1-3-7-12(10)19-13-8-4-2-6-11(13)15;3-2(4,5)1(6)7/h1,3,5,7,9-13H,2,4,6,8H2,(H,16,17,18);(H,6,7). The number of alkyl halides is 3. The van der Waals surface area contributed by atoms with Crippen LogP contribution in [0.4, 0.5) is 13.2 Å². The van der Waals surface area contributed by atoms with E-state index in [9.17, 15) is 18.0 Å². The summed E-state index contributed by atoms with van der Waals surface area (Å²) in [5.41, 5.74) is -0.630. The topological polar surface area (TPSA) is 88.0 Å². The van der Waals surface area contributed by atoms with Crippen LogP contribution in [0.15, 0.2) is 29.3 Å². The highest BCUT2D eigenvalue weighted by Crippen LogP contribution is 2.50. The van der Waals surface area contributed by atoms with E-state index in [1.54, 1.807) is 6.34 Å². The van der Waals surface area contributed by atoms with Gasteiger partial charge in [-0.05, 0) is 12.8 Å². The molecule has 5 unspecified atom stereocenters. The van der Waals surface area contributed by atoms with Gasteiger partial charge in [0.2, 0.25) is 0 Å². The number of amides is 1. The van der Waals surface area contributed by atoms with Crippen molar-refractivity contribution in [3.8, 4) is 0 Å². The van der Waals surface area contributed by atoms with Crippen LogP contribution in [-0.4, -0.2) is 47.2 Å². The van der Waals surface area contributed by atoms with Gasteiger partial charge in [0.25, 0.3) is 5.91 Å². The number of allylic oxidation sites excluding steroid dienone is 2. The highest BCUT2D eigenvalue weighted by atomic mass is 19.4. The van der Waals surface area contributed by atoms with Gasteiger partial charge in [-0.1, -0.05) is 37.1 Å². The number of aliphatic imine (C=N–C) groups is 1. The summed E-state index contributed by atoms with van der Waals surface area (Å²) < 4.78 is 38.0. The Labute approximate surface area is 147 Å². The van der Waals surface area contributed by atoms with Crippen molar-refractivity contribution in [2.45, 2.75) is 49.6 Å². The van der Waals surface area contributed by atoms with Crippen LogP contribution in [-0.2, 0) is 14.3 Å². The largest absolute Gasteiger partial charge is 0.490 e. The molecule has 9 heteroatoms. The number of halogens is 3. The number of ether oxygens (including phenoxy) is 1. The molecule has 1 spiro atoms. The maximum absolute atomic E-state index is 12.5. The second kappa shape index (κ2) is 6.86. The lowest BCUT2D eigenvalue weighted by Crippen LogP contribution is -2.63. The third-order valence-electron chi connectivity index (χ3n) is 5.27. The van der Waals surface area contributed by atoms with E-state index in [2.05, 4.69) is 22.5 Å². The first kappa shape index (κ1) is 18.6. The van der Waals surface area contributed by atoms with Crippen LogP contribution in [0.2, 0.25) is 0 Å². The highest BCUT2D eigenvalue weighted by Gasteiger charge is 2.61. The summed E-state index contributed by atoms with van der Waals surface area (Å²) in [5, 5.41) is 9.93. The fraction of sp³-hybridized carbons (Fsp3) is 0.588. The molecule has 6 nitrogen and oxygen atoms in total. The number of nitrogens with zero attached hydrogens (tertiary/aromatic N) is 1. The zero-order valence-corrected chi connectivity index (χ0v) is 13.8. The van der Waals surface area contributed by atoms with Crippen LogP contribution in [0.1, 0.15) is 25.7 Å². The molecule has 26 heavy (non-hydrogen) atoms. The molecule has 2 fully saturated rings. The third-order valence-corrected chi connectivity index (χ3v) is 5.27. The zero-order valence-electron chi connectivity index (χ0n) is 13.8.